The molecule has 2 heterocycles. The number of rotatable bonds is 6. The van der Waals surface area contributed by atoms with Gasteiger partial charge in [0.15, 0.2) is 0 Å². The lowest BCUT2D eigenvalue weighted by Crippen LogP contribution is -2.51. The Kier molecular flexibility index (Phi) is 5.63. The second-order valence-corrected chi connectivity index (χ2v) is 7.26. The van der Waals surface area contributed by atoms with E-state index < -0.39 is 11.5 Å². The molecule has 0 amide bonds. The zero-order valence-corrected chi connectivity index (χ0v) is 13.6. The first-order chi connectivity index (χ1) is 9.88. The van der Waals surface area contributed by atoms with Crippen molar-refractivity contribution in [3.8, 4) is 0 Å². The highest BCUT2D eigenvalue weighted by Crippen LogP contribution is 2.24. The first-order valence-electron chi connectivity index (χ1n) is 8.37. The Bertz CT molecular complexity index is 345. The van der Waals surface area contributed by atoms with E-state index in [1.54, 1.807) is 6.92 Å². The third-order valence-electron chi connectivity index (χ3n) is 5.20. The van der Waals surface area contributed by atoms with Gasteiger partial charge in [0.2, 0.25) is 0 Å². The van der Waals surface area contributed by atoms with Crippen LogP contribution in [0.1, 0.15) is 46.0 Å². The standard InChI is InChI=1S/C16H31N3O2/c1-13(11-16(2,17)15(20)21)19-9-5-14(6-10-19)12-18-7-3-4-8-18/h13-14H,3-12,17H2,1-2H3,(H,20,21). The van der Waals surface area contributed by atoms with Crippen molar-refractivity contribution in [1.82, 2.24) is 9.80 Å². The van der Waals surface area contributed by atoms with Crippen molar-refractivity contribution in [2.75, 3.05) is 32.7 Å². The van der Waals surface area contributed by atoms with Crippen LogP contribution in [0.5, 0.6) is 0 Å². The molecule has 5 heteroatoms. The van der Waals surface area contributed by atoms with Gasteiger partial charge in [0.1, 0.15) is 5.54 Å². The highest BCUT2D eigenvalue weighted by Gasteiger charge is 2.33. The maximum Gasteiger partial charge on any atom is 0.323 e. The molecule has 2 fully saturated rings. The summed E-state index contributed by atoms with van der Waals surface area (Å²) in [6, 6.07) is 0.240. The Hall–Kier alpha value is -0.650. The molecular formula is C16H31N3O2. The number of aliphatic carboxylic acids is 1. The Balaban J connectivity index is 1.73. The molecular weight excluding hydrogens is 266 g/mol. The number of hydrogen-bond acceptors (Lipinski definition) is 4. The summed E-state index contributed by atoms with van der Waals surface area (Å²) in [6.07, 6.45) is 5.70. The molecule has 0 radical (unpaired) electrons. The van der Waals surface area contributed by atoms with Gasteiger partial charge in [-0.15, -0.1) is 0 Å². The van der Waals surface area contributed by atoms with Gasteiger partial charge in [0.25, 0.3) is 0 Å². The van der Waals surface area contributed by atoms with E-state index in [1.807, 2.05) is 0 Å². The molecule has 0 aliphatic carbocycles. The van der Waals surface area contributed by atoms with E-state index in [4.69, 9.17) is 10.8 Å². The molecule has 5 nitrogen and oxygen atoms in total. The SMILES string of the molecule is CC(CC(C)(N)C(=O)O)N1CCC(CN2CCCC2)CC1. The van der Waals surface area contributed by atoms with Crippen molar-refractivity contribution in [2.45, 2.75) is 57.5 Å². The topological polar surface area (TPSA) is 69.8 Å². The minimum Gasteiger partial charge on any atom is -0.480 e. The number of carboxylic acids is 1. The molecule has 3 N–H and O–H groups in total. The predicted molar refractivity (Wildman–Crippen MR) is 84.3 cm³/mol. The fraction of sp³-hybridized carbons (Fsp3) is 0.938. The highest BCUT2D eigenvalue weighted by molar-refractivity contribution is 5.77. The van der Waals surface area contributed by atoms with Crippen molar-refractivity contribution in [1.29, 1.82) is 0 Å². The number of hydrogen-bond donors (Lipinski definition) is 2. The number of nitrogens with zero attached hydrogens (tertiary/aromatic N) is 2. The Morgan fingerprint density at radius 1 is 1.29 bits per heavy atom. The van der Waals surface area contributed by atoms with Gasteiger partial charge in [0, 0.05) is 12.6 Å². The molecule has 2 aliphatic heterocycles. The zero-order chi connectivity index (χ0) is 15.5. The molecule has 0 aromatic heterocycles. The van der Waals surface area contributed by atoms with E-state index in [0.29, 0.717) is 6.42 Å². The van der Waals surface area contributed by atoms with E-state index in [1.165, 1.54) is 45.3 Å². The third-order valence-corrected chi connectivity index (χ3v) is 5.20. The zero-order valence-electron chi connectivity index (χ0n) is 13.6. The molecule has 21 heavy (non-hydrogen) atoms. The molecule has 2 aliphatic rings. The average molecular weight is 297 g/mol. The molecule has 0 bridgehead atoms. The normalized spacial score (nSPS) is 26.6. The number of carboxylic acid groups (broad SMARTS) is 1. The van der Waals surface area contributed by atoms with E-state index >= 15 is 0 Å². The monoisotopic (exact) mass is 297 g/mol. The van der Waals surface area contributed by atoms with Crippen LogP contribution in [0.2, 0.25) is 0 Å². The van der Waals surface area contributed by atoms with Crippen LogP contribution in [0.25, 0.3) is 0 Å². The maximum absolute atomic E-state index is 11.1. The Morgan fingerprint density at radius 3 is 2.38 bits per heavy atom. The second kappa shape index (κ2) is 7.07. The fourth-order valence-electron chi connectivity index (χ4n) is 3.74. The number of nitrogens with two attached hydrogens (primary N) is 1. The van der Waals surface area contributed by atoms with Gasteiger partial charge in [0.05, 0.1) is 0 Å². The average Bonchev–Trinajstić information content (AvgIpc) is 2.91. The van der Waals surface area contributed by atoms with E-state index in [0.717, 1.165) is 19.0 Å². The summed E-state index contributed by atoms with van der Waals surface area (Å²) >= 11 is 0. The van der Waals surface area contributed by atoms with Crippen LogP contribution in [0.15, 0.2) is 0 Å². The van der Waals surface area contributed by atoms with Gasteiger partial charge in [-0.2, -0.15) is 0 Å². The summed E-state index contributed by atoms with van der Waals surface area (Å²) in [4.78, 5) is 16.1. The summed E-state index contributed by atoms with van der Waals surface area (Å²) < 4.78 is 0. The van der Waals surface area contributed by atoms with Crippen molar-refractivity contribution in [2.24, 2.45) is 11.7 Å². The predicted octanol–water partition coefficient (Wildman–Crippen LogP) is 1.37. The van der Waals surface area contributed by atoms with Crippen LogP contribution in [0, 0.1) is 5.92 Å². The van der Waals surface area contributed by atoms with Crippen LogP contribution < -0.4 is 5.73 Å². The summed E-state index contributed by atoms with van der Waals surface area (Å²) in [5, 5.41) is 9.14. The molecule has 2 rings (SSSR count). The minimum atomic E-state index is -1.12. The summed E-state index contributed by atoms with van der Waals surface area (Å²) in [7, 11) is 0. The van der Waals surface area contributed by atoms with Gasteiger partial charge < -0.3 is 20.6 Å². The molecule has 2 atom stereocenters. The quantitative estimate of drug-likeness (QED) is 0.775. The maximum atomic E-state index is 11.1. The van der Waals surface area contributed by atoms with Crippen molar-refractivity contribution >= 4 is 5.97 Å². The van der Waals surface area contributed by atoms with Crippen LogP contribution >= 0.6 is 0 Å². The van der Waals surface area contributed by atoms with Gasteiger partial charge in [-0.3, -0.25) is 4.79 Å². The van der Waals surface area contributed by atoms with Crippen LogP contribution in [-0.4, -0.2) is 65.2 Å². The molecule has 0 spiro atoms. The molecule has 2 saturated heterocycles. The smallest absolute Gasteiger partial charge is 0.323 e. The lowest BCUT2D eigenvalue weighted by molar-refractivity contribution is -0.143. The van der Waals surface area contributed by atoms with Gasteiger partial charge in [-0.1, -0.05) is 0 Å². The second-order valence-electron chi connectivity index (χ2n) is 7.26. The third kappa shape index (κ3) is 4.66. The Labute approximate surface area is 128 Å². The van der Waals surface area contributed by atoms with E-state index in [9.17, 15) is 4.79 Å². The summed E-state index contributed by atoms with van der Waals surface area (Å²) in [6.45, 7) is 9.69. The minimum absolute atomic E-state index is 0.240. The molecule has 0 aromatic carbocycles. The molecule has 0 saturated carbocycles. The van der Waals surface area contributed by atoms with Gasteiger partial charge in [-0.25, -0.2) is 0 Å². The number of carbonyl (C=O) groups is 1. The summed E-state index contributed by atoms with van der Waals surface area (Å²) in [5.41, 5.74) is 4.75. The molecule has 122 valence electrons. The molecule has 2 unspecified atom stereocenters. The largest absolute Gasteiger partial charge is 0.480 e. The lowest BCUT2D eigenvalue weighted by atomic mass is 9.91. The van der Waals surface area contributed by atoms with Gasteiger partial charge >= 0.3 is 5.97 Å². The number of likely N-dealkylation sites (tertiary alicyclic amines) is 2. The lowest BCUT2D eigenvalue weighted by Gasteiger charge is -2.39. The van der Waals surface area contributed by atoms with Gasteiger partial charge in [-0.05, 0) is 78.0 Å². The fourth-order valence-corrected chi connectivity index (χ4v) is 3.74. The molecule has 0 aromatic rings. The van der Waals surface area contributed by atoms with E-state index in [-0.39, 0.29) is 6.04 Å². The van der Waals surface area contributed by atoms with Crippen LogP contribution in [0.3, 0.4) is 0 Å². The van der Waals surface area contributed by atoms with Crippen molar-refractivity contribution in [3.05, 3.63) is 0 Å². The number of piperidine rings is 1. The highest BCUT2D eigenvalue weighted by atomic mass is 16.4. The van der Waals surface area contributed by atoms with Crippen molar-refractivity contribution in [3.63, 3.8) is 0 Å². The van der Waals surface area contributed by atoms with Crippen LogP contribution in [-0.2, 0) is 4.79 Å². The van der Waals surface area contributed by atoms with Crippen molar-refractivity contribution < 1.29 is 9.90 Å². The summed E-state index contributed by atoms with van der Waals surface area (Å²) in [5.74, 6) is -0.0893. The first kappa shape index (κ1) is 16.7. The van der Waals surface area contributed by atoms with E-state index in [2.05, 4.69) is 16.7 Å². The Morgan fingerprint density at radius 2 is 1.86 bits per heavy atom. The van der Waals surface area contributed by atoms with Crippen LogP contribution in [0.4, 0.5) is 0 Å². The first-order valence-corrected chi connectivity index (χ1v) is 8.37.